The van der Waals surface area contributed by atoms with Crippen LogP contribution >= 0.6 is 27.5 Å². The lowest BCUT2D eigenvalue weighted by atomic mass is 10.2. The van der Waals surface area contributed by atoms with Gasteiger partial charge in [0, 0.05) is 10.5 Å². The van der Waals surface area contributed by atoms with Crippen LogP contribution in [0.1, 0.15) is 25.7 Å². The first kappa shape index (κ1) is 20.9. The number of anilines is 2. The van der Waals surface area contributed by atoms with Gasteiger partial charge in [-0.25, -0.2) is 17.9 Å². The number of nitrogens with zero attached hydrogens (tertiary/aromatic N) is 1. The van der Waals surface area contributed by atoms with Gasteiger partial charge in [0.25, 0.3) is 0 Å². The summed E-state index contributed by atoms with van der Waals surface area (Å²) >= 11 is 9.44. The zero-order valence-electron chi connectivity index (χ0n) is 14.7. The lowest BCUT2D eigenvalue weighted by Gasteiger charge is -2.24. The van der Waals surface area contributed by atoms with E-state index in [1.807, 2.05) is 0 Å². The summed E-state index contributed by atoms with van der Waals surface area (Å²) in [7, 11) is -4.10. The molecule has 1 aliphatic carbocycles. The van der Waals surface area contributed by atoms with Gasteiger partial charge in [-0.3, -0.25) is 4.90 Å². The Bertz CT molecular complexity index is 1010. The van der Waals surface area contributed by atoms with Gasteiger partial charge in [-0.1, -0.05) is 36.6 Å². The van der Waals surface area contributed by atoms with E-state index in [2.05, 4.69) is 20.7 Å². The summed E-state index contributed by atoms with van der Waals surface area (Å²) in [6.07, 6.45) is 3.32. The number of amides is 2. The van der Waals surface area contributed by atoms with Gasteiger partial charge in [0.05, 0.1) is 16.4 Å². The largest absolute Gasteiger partial charge is 0.504 e. The third-order valence-corrected chi connectivity index (χ3v) is 7.25. The molecule has 2 amide bonds. The molecule has 1 fully saturated rings. The third kappa shape index (κ3) is 4.12. The number of rotatable bonds is 5. The predicted octanol–water partition coefficient (Wildman–Crippen LogP) is 4.25. The summed E-state index contributed by atoms with van der Waals surface area (Å²) in [5, 5.41) is 10.6. The van der Waals surface area contributed by atoms with E-state index < -0.39 is 26.7 Å². The van der Waals surface area contributed by atoms with E-state index in [-0.39, 0.29) is 16.8 Å². The lowest BCUT2D eigenvalue weighted by molar-refractivity contribution is 0.256. The van der Waals surface area contributed by atoms with Crippen LogP contribution in [-0.2, 0) is 10.0 Å². The van der Waals surface area contributed by atoms with E-state index in [1.54, 1.807) is 24.3 Å². The van der Waals surface area contributed by atoms with Crippen LogP contribution in [0.4, 0.5) is 16.2 Å². The molecule has 2 aromatic carbocycles. The number of urea groups is 1. The van der Waals surface area contributed by atoms with Crippen LogP contribution in [0.15, 0.2) is 45.8 Å². The second kappa shape index (κ2) is 8.28. The second-order valence-electron chi connectivity index (χ2n) is 6.47. The zero-order chi connectivity index (χ0) is 20.5. The summed E-state index contributed by atoms with van der Waals surface area (Å²) < 4.78 is 28.9. The van der Waals surface area contributed by atoms with Crippen LogP contribution in [-0.4, -0.2) is 25.6 Å². The van der Waals surface area contributed by atoms with Gasteiger partial charge < -0.3 is 10.8 Å². The van der Waals surface area contributed by atoms with E-state index in [0.717, 1.165) is 30.6 Å². The first-order valence-electron chi connectivity index (χ1n) is 8.60. The van der Waals surface area contributed by atoms with Crippen LogP contribution in [0.3, 0.4) is 0 Å². The molecule has 0 aliphatic heterocycles. The number of carbonyl (C=O) groups is 1. The van der Waals surface area contributed by atoms with E-state index >= 15 is 0 Å². The van der Waals surface area contributed by atoms with E-state index in [4.69, 9.17) is 17.3 Å². The highest BCUT2D eigenvalue weighted by Crippen LogP contribution is 2.43. The van der Waals surface area contributed by atoms with Crippen molar-refractivity contribution >= 4 is 55.0 Å². The average Bonchev–Trinajstić information content (AvgIpc) is 3.10. The van der Waals surface area contributed by atoms with Gasteiger partial charge in [0.2, 0.25) is 10.0 Å². The minimum atomic E-state index is -4.10. The van der Waals surface area contributed by atoms with Crippen LogP contribution in [0, 0.1) is 0 Å². The first-order chi connectivity index (χ1) is 13.2. The molecule has 28 heavy (non-hydrogen) atoms. The Morgan fingerprint density at radius 1 is 1.18 bits per heavy atom. The number of nitrogens with one attached hydrogen (secondary N) is 1. The van der Waals surface area contributed by atoms with Gasteiger partial charge in [0.1, 0.15) is 4.90 Å². The number of carbonyl (C=O) groups excluding carboxylic acids is 1. The first-order valence-corrected chi connectivity index (χ1v) is 11.3. The number of aromatic hydroxyl groups is 1. The molecule has 0 spiro atoms. The van der Waals surface area contributed by atoms with Crippen molar-refractivity contribution in [1.82, 2.24) is 4.72 Å². The van der Waals surface area contributed by atoms with Crippen molar-refractivity contribution in [2.45, 2.75) is 36.6 Å². The third-order valence-electron chi connectivity index (χ3n) is 4.56. The number of phenolic OH excluding ortho intramolecular Hbond substituents is 1. The van der Waals surface area contributed by atoms with Crippen molar-refractivity contribution in [2.24, 2.45) is 5.73 Å². The number of phenols is 1. The lowest BCUT2D eigenvalue weighted by Crippen LogP contribution is -2.34. The standard InChI is InChI=1S/C18H19BrClN3O4S/c19-12-7-3-4-8-14(12)23(18(21)25)15-10-9-13(20)17(16(15)24)28(26,27)22-11-5-1-2-6-11/h3-4,7-11,22,24H,1-2,5-6H2,(H2,21,25). The van der Waals surface area contributed by atoms with Crippen molar-refractivity contribution in [3.8, 4) is 5.75 Å². The quantitative estimate of drug-likeness (QED) is 0.584. The molecule has 10 heteroatoms. The van der Waals surface area contributed by atoms with Gasteiger partial charge in [-0.15, -0.1) is 0 Å². The number of halogens is 2. The maximum atomic E-state index is 12.9. The van der Waals surface area contributed by atoms with Crippen molar-refractivity contribution in [1.29, 1.82) is 0 Å². The van der Waals surface area contributed by atoms with Crippen molar-refractivity contribution in [2.75, 3.05) is 4.90 Å². The molecule has 0 heterocycles. The summed E-state index contributed by atoms with van der Waals surface area (Å²) in [6, 6.07) is 8.28. The smallest absolute Gasteiger partial charge is 0.324 e. The maximum absolute atomic E-state index is 12.9. The highest BCUT2D eigenvalue weighted by molar-refractivity contribution is 9.10. The van der Waals surface area contributed by atoms with E-state index in [1.165, 1.54) is 12.1 Å². The topological polar surface area (TPSA) is 113 Å². The molecule has 1 saturated carbocycles. The van der Waals surface area contributed by atoms with E-state index in [9.17, 15) is 18.3 Å². The Morgan fingerprint density at radius 3 is 2.43 bits per heavy atom. The number of nitrogens with two attached hydrogens (primary N) is 1. The van der Waals surface area contributed by atoms with Gasteiger partial charge in [-0.05, 0) is 53.0 Å². The molecule has 0 atom stereocenters. The summed E-state index contributed by atoms with van der Waals surface area (Å²) in [5.41, 5.74) is 5.78. The van der Waals surface area contributed by atoms with E-state index in [0.29, 0.717) is 10.2 Å². The monoisotopic (exact) mass is 487 g/mol. The van der Waals surface area contributed by atoms with Crippen LogP contribution < -0.4 is 15.4 Å². The molecular weight excluding hydrogens is 470 g/mol. The Kier molecular flexibility index (Phi) is 6.18. The van der Waals surface area contributed by atoms with Gasteiger partial charge in [-0.2, -0.15) is 0 Å². The maximum Gasteiger partial charge on any atom is 0.324 e. The summed E-state index contributed by atoms with van der Waals surface area (Å²) in [6.45, 7) is 0. The Labute approximate surface area is 176 Å². The fourth-order valence-corrected chi connectivity index (χ4v) is 5.69. The molecule has 7 nitrogen and oxygen atoms in total. The fourth-order valence-electron chi connectivity index (χ4n) is 3.29. The molecule has 0 bridgehead atoms. The number of primary amides is 1. The van der Waals surface area contributed by atoms with Crippen molar-refractivity contribution in [3.63, 3.8) is 0 Å². The molecule has 3 rings (SSSR count). The number of benzene rings is 2. The Hall–Kier alpha value is -1.81. The number of sulfonamides is 1. The molecule has 1 aliphatic rings. The molecule has 4 N–H and O–H groups in total. The molecule has 2 aromatic rings. The SMILES string of the molecule is NC(=O)N(c1ccccc1Br)c1ccc(Cl)c(S(=O)(=O)NC2CCCC2)c1O. The molecule has 0 saturated heterocycles. The highest BCUT2D eigenvalue weighted by atomic mass is 79.9. The molecule has 0 unspecified atom stereocenters. The summed E-state index contributed by atoms with van der Waals surface area (Å²) in [4.78, 5) is 12.7. The van der Waals surface area contributed by atoms with Crippen LogP contribution in [0.25, 0.3) is 0 Å². The van der Waals surface area contributed by atoms with Gasteiger partial charge >= 0.3 is 6.03 Å². The minimum absolute atomic E-state index is 0.0874. The Morgan fingerprint density at radius 2 is 1.82 bits per heavy atom. The molecule has 150 valence electrons. The van der Waals surface area contributed by atoms with Gasteiger partial charge in [0.15, 0.2) is 5.75 Å². The average molecular weight is 489 g/mol. The van der Waals surface area contributed by atoms with Crippen molar-refractivity contribution < 1.29 is 18.3 Å². The number of hydrogen-bond acceptors (Lipinski definition) is 4. The normalized spacial score (nSPS) is 14.9. The molecular formula is C18H19BrClN3O4S. The van der Waals surface area contributed by atoms with Crippen LogP contribution in [0.5, 0.6) is 5.75 Å². The summed E-state index contributed by atoms with van der Waals surface area (Å²) in [5.74, 6) is -0.646. The zero-order valence-corrected chi connectivity index (χ0v) is 17.9. The molecule has 0 radical (unpaired) electrons. The minimum Gasteiger partial charge on any atom is -0.504 e. The van der Waals surface area contributed by atoms with Crippen LogP contribution in [0.2, 0.25) is 5.02 Å². The number of para-hydroxylation sites is 1. The predicted molar refractivity (Wildman–Crippen MR) is 112 cm³/mol. The second-order valence-corrected chi connectivity index (χ2v) is 9.38. The number of hydrogen-bond donors (Lipinski definition) is 3. The Balaban J connectivity index is 2.11. The molecule has 0 aromatic heterocycles. The fraction of sp³-hybridized carbons (Fsp3) is 0.278. The van der Waals surface area contributed by atoms with Crippen molar-refractivity contribution in [3.05, 3.63) is 45.9 Å². The highest BCUT2D eigenvalue weighted by Gasteiger charge is 2.31.